The summed E-state index contributed by atoms with van der Waals surface area (Å²) < 4.78 is -0.630. The molecule has 0 aromatic heterocycles. The maximum absolute atomic E-state index is 12.1. The summed E-state index contributed by atoms with van der Waals surface area (Å²) in [5, 5.41) is 0. The quantitative estimate of drug-likeness (QED) is 0.198. The Bertz CT molecular complexity index is 842. The van der Waals surface area contributed by atoms with Crippen LogP contribution in [0.25, 0.3) is 11.1 Å². The first kappa shape index (κ1) is 23.5. The number of nitrogens with zero attached hydrogens (tertiary/aromatic N) is 1. The fraction of sp³-hybridized carbons (Fsp3) is 0.273. The number of alkyl halides is 4. The lowest BCUT2D eigenvalue weighted by Crippen LogP contribution is -2.31. The molecule has 1 heterocycles. The summed E-state index contributed by atoms with van der Waals surface area (Å²) in [6.07, 6.45) is 4.94. The van der Waals surface area contributed by atoms with Crippen molar-refractivity contribution in [3.63, 3.8) is 0 Å². The highest BCUT2D eigenvalue weighted by Crippen LogP contribution is 2.48. The minimum absolute atomic E-state index is 0.279. The summed E-state index contributed by atoms with van der Waals surface area (Å²) in [5.41, 5.74) is 2.55. The second kappa shape index (κ2) is 10.4. The first-order chi connectivity index (χ1) is 14.3. The van der Waals surface area contributed by atoms with Gasteiger partial charge in [0.05, 0.1) is 11.8 Å². The monoisotopic (exact) mass is 501 g/mol. The lowest BCUT2D eigenvalue weighted by molar-refractivity contribution is -0.133. The Labute approximate surface area is 200 Å². The molecule has 158 valence electrons. The Morgan fingerprint density at radius 3 is 1.57 bits per heavy atom. The number of hydrogen-bond donors (Lipinski definition) is 0. The normalized spacial score (nSPS) is 20.8. The summed E-state index contributed by atoms with van der Waals surface area (Å²) in [5.74, 6) is -1.19. The number of allylic oxidation sites excluding steroid dienone is 2. The molecule has 30 heavy (non-hydrogen) atoms. The second-order valence-electron chi connectivity index (χ2n) is 6.81. The molecule has 2 atom stereocenters. The third-order valence-electron chi connectivity index (χ3n) is 4.82. The second-order valence-corrected chi connectivity index (χ2v) is 10.9. The van der Waals surface area contributed by atoms with Crippen LogP contribution in [0.1, 0.15) is 12.8 Å². The highest BCUT2D eigenvalue weighted by molar-refractivity contribution is 8.02. The van der Waals surface area contributed by atoms with Crippen LogP contribution in [0.3, 0.4) is 0 Å². The molecule has 0 saturated carbocycles. The van der Waals surface area contributed by atoms with E-state index >= 15 is 0 Å². The summed E-state index contributed by atoms with van der Waals surface area (Å²) in [6, 6.07) is 20.8. The Balaban J connectivity index is 0.000000184. The maximum Gasteiger partial charge on any atom is 0.243 e. The molecule has 2 aromatic rings. The predicted octanol–water partition coefficient (Wildman–Crippen LogP) is 6.87. The van der Waals surface area contributed by atoms with Gasteiger partial charge in [-0.3, -0.25) is 9.59 Å². The Hall–Kier alpha value is -1.17. The van der Waals surface area contributed by atoms with Crippen molar-refractivity contribution in [1.29, 1.82) is 0 Å². The van der Waals surface area contributed by atoms with Crippen LogP contribution in [0.5, 0.6) is 0 Å². The van der Waals surface area contributed by atoms with Gasteiger partial charge in [-0.1, -0.05) is 96.0 Å². The van der Waals surface area contributed by atoms with Gasteiger partial charge in [0.1, 0.15) is 0 Å². The summed E-state index contributed by atoms with van der Waals surface area (Å²) in [7, 11) is 0. The smallest absolute Gasteiger partial charge is 0.243 e. The van der Waals surface area contributed by atoms with Crippen molar-refractivity contribution >= 4 is 70.2 Å². The van der Waals surface area contributed by atoms with Crippen molar-refractivity contribution in [3.05, 3.63) is 72.8 Å². The molecule has 3 nitrogen and oxygen atoms in total. The first-order valence-electron chi connectivity index (χ1n) is 9.29. The van der Waals surface area contributed by atoms with Gasteiger partial charge in [-0.15, -0.1) is 23.2 Å². The molecule has 2 aliphatic rings. The number of carbonyl (C=O) groups is 2. The summed E-state index contributed by atoms with van der Waals surface area (Å²) in [4.78, 5) is 23.1. The molecule has 0 radical (unpaired) electrons. The highest BCUT2D eigenvalue weighted by atomic mass is 35.5. The van der Waals surface area contributed by atoms with Crippen LogP contribution in [0, 0.1) is 11.8 Å². The number of fused-ring (bicyclic) bond motifs is 1. The molecule has 2 aromatic carbocycles. The number of carbonyl (C=O) groups excluding carboxylic acids is 2. The van der Waals surface area contributed by atoms with E-state index in [1.807, 2.05) is 24.3 Å². The van der Waals surface area contributed by atoms with Crippen LogP contribution >= 0.6 is 58.4 Å². The molecule has 1 fully saturated rings. The SMILES string of the molecule is O=C1C2CC=CCC2C(=O)N1SC(Cl)(Cl)C(Cl)Cl.c1ccc(-c2ccccc2)cc1. The van der Waals surface area contributed by atoms with Gasteiger partial charge in [0.15, 0.2) is 4.84 Å². The molecule has 1 aliphatic carbocycles. The minimum atomic E-state index is -1.63. The lowest BCUT2D eigenvalue weighted by atomic mass is 9.85. The van der Waals surface area contributed by atoms with E-state index < -0.39 is 8.50 Å². The van der Waals surface area contributed by atoms with Gasteiger partial charge < -0.3 is 0 Å². The zero-order chi connectivity index (χ0) is 21.7. The van der Waals surface area contributed by atoms with E-state index in [1.165, 1.54) is 11.1 Å². The van der Waals surface area contributed by atoms with Crippen LogP contribution in [-0.2, 0) is 9.59 Å². The number of benzene rings is 2. The van der Waals surface area contributed by atoms with Gasteiger partial charge in [-0.2, -0.15) is 0 Å². The van der Waals surface area contributed by atoms with Gasteiger partial charge in [-0.25, -0.2) is 4.31 Å². The molecule has 0 bridgehead atoms. The maximum atomic E-state index is 12.1. The first-order valence-corrected chi connectivity index (χ1v) is 11.7. The minimum Gasteiger partial charge on any atom is -0.273 e. The van der Waals surface area contributed by atoms with E-state index in [9.17, 15) is 9.59 Å². The van der Waals surface area contributed by atoms with E-state index in [2.05, 4.69) is 48.5 Å². The van der Waals surface area contributed by atoms with E-state index in [0.717, 1.165) is 4.31 Å². The number of rotatable bonds is 4. The predicted molar refractivity (Wildman–Crippen MR) is 127 cm³/mol. The molecule has 0 N–H and O–H groups in total. The van der Waals surface area contributed by atoms with E-state index in [1.54, 1.807) is 0 Å². The van der Waals surface area contributed by atoms with Crippen molar-refractivity contribution in [1.82, 2.24) is 4.31 Å². The van der Waals surface area contributed by atoms with Crippen molar-refractivity contribution in [2.45, 2.75) is 21.3 Å². The van der Waals surface area contributed by atoms with Gasteiger partial charge in [-0.05, 0) is 24.0 Å². The van der Waals surface area contributed by atoms with Gasteiger partial charge in [0, 0.05) is 11.9 Å². The Morgan fingerprint density at radius 2 is 1.20 bits per heavy atom. The average molecular weight is 503 g/mol. The largest absolute Gasteiger partial charge is 0.273 e. The number of hydrogen-bond acceptors (Lipinski definition) is 3. The molecule has 1 saturated heterocycles. The lowest BCUT2D eigenvalue weighted by Gasteiger charge is -2.24. The molecular weight excluding hydrogens is 484 g/mol. The molecule has 0 spiro atoms. The number of halogens is 4. The molecule has 2 amide bonds. The van der Waals surface area contributed by atoms with Gasteiger partial charge >= 0.3 is 0 Å². The Kier molecular flexibility index (Phi) is 8.17. The fourth-order valence-electron chi connectivity index (χ4n) is 3.28. The van der Waals surface area contributed by atoms with Crippen LogP contribution in [0.4, 0.5) is 0 Å². The number of amides is 2. The highest BCUT2D eigenvalue weighted by Gasteiger charge is 2.51. The molecular formula is C22H19Cl4NO2S. The molecule has 1 aliphatic heterocycles. The topological polar surface area (TPSA) is 37.4 Å². The third kappa shape index (κ3) is 5.54. The van der Waals surface area contributed by atoms with Crippen molar-refractivity contribution in [3.8, 4) is 11.1 Å². The van der Waals surface area contributed by atoms with Crippen molar-refractivity contribution in [2.75, 3.05) is 0 Å². The van der Waals surface area contributed by atoms with Crippen molar-refractivity contribution < 1.29 is 9.59 Å². The molecule has 2 unspecified atom stereocenters. The van der Waals surface area contributed by atoms with Crippen LogP contribution in [0.15, 0.2) is 72.8 Å². The zero-order valence-corrected chi connectivity index (χ0v) is 19.6. The fourth-order valence-corrected chi connectivity index (χ4v) is 4.71. The zero-order valence-electron chi connectivity index (χ0n) is 15.8. The molecule has 4 rings (SSSR count). The summed E-state index contributed by atoms with van der Waals surface area (Å²) in [6.45, 7) is 0. The van der Waals surface area contributed by atoms with Gasteiger partial charge in [0.2, 0.25) is 15.5 Å². The van der Waals surface area contributed by atoms with Crippen LogP contribution < -0.4 is 0 Å². The van der Waals surface area contributed by atoms with E-state index in [-0.39, 0.29) is 23.7 Å². The summed E-state index contributed by atoms with van der Waals surface area (Å²) >= 11 is 23.7. The van der Waals surface area contributed by atoms with Gasteiger partial charge in [0.25, 0.3) is 0 Å². The standard InChI is InChI=1S/C12H10.C10H9Cl4NO2S/c1-3-7-11(8-4-1)12-9-5-2-6-10-12;11-9(12)10(13,14)18-15-7(16)5-3-1-2-4-6(5)8(15)17/h1-10H;1-2,5-6,9H,3-4H2. The Morgan fingerprint density at radius 1 is 0.800 bits per heavy atom. The third-order valence-corrected chi connectivity index (χ3v) is 8.05. The number of imide groups is 1. The van der Waals surface area contributed by atoms with Crippen LogP contribution in [-0.4, -0.2) is 24.6 Å². The molecule has 8 heteroatoms. The van der Waals surface area contributed by atoms with Crippen LogP contribution in [0.2, 0.25) is 0 Å². The van der Waals surface area contributed by atoms with Crippen molar-refractivity contribution in [2.24, 2.45) is 11.8 Å². The van der Waals surface area contributed by atoms with E-state index in [0.29, 0.717) is 24.8 Å². The van der Waals surface area contributed by atoms with E-state index in [4.69, 9.17) is 46.4 Å². The average Bonchev–Trinajstić information content (AvgIpc) is 3.00.